The molecule has 0 aliphatic heterocycles. The maximum atomic E-state index is 12.7. The molecule has 0 aliphatic carbocycles. The lowest BCUT2D eigenvalue weighted by atomic mass is 9.93. The van der Waals surface area contributed by atoms with Crippen LogP contribution in [-0.4, -0.2) is 36.2 Å². The third kappa shape index (κ3) is 8.91. The highest BCUT2D eigenvalue weighted by molar-refractivity contribution is 5.82. The van der Waals surface area contributed by atoms with Crippen molar-refractivity contribution >= 4 is 23.9 Å². The molecule has 0 aliphatic rings. The quantitative estimate of drug-likeness (QED) is 0.176. The first kappa shape index (κ1) is 31.1. The number of benzene rings is 1. The second-order valence-corrected chi connectivity index (χ2v) is 11.9. The first-order valence-electron chi connectivity index (χ1n) is 11.6. The lowest BCUT2D eigenvalue weighted by Crippen LogP contribution is -2.55. The highest BCUT2D eigenvalue weighted by atomic mass is 16.7. The Morgan fingerprint density at radius 1 is 0.694 bits per heavy atom. The fourth-order valence-corrected chi connectivity index (χ4v) is 2.44. The van der Waals surface area contributed by atoms with Crippen LogP contribution in [0.2, 0.25) is 0 Å². The summed E-state index contributed by atoms with van der Waals surface area (Å²) in [6.07, 6.45) is 0.0170. The summed E-state index contributed by atoms with van der Waals surface area (Å²) >= 11 is 0. The fraction of sp³-hybridized carbons (Fsp3) is 0.615. The second kappa shape index (κ2) is 11.4. The predicted octanol–water partition coefficient (Wildman–Crippen LogP) is 3.44. The Morgan fingerprint density at radius 3 is 1.58 bits per heavy atom. The summed E-state index contributed by atoms with van der Waals surface area (Å²) in [5.41, 5.74) is -0.793. The van der Waals surface area contributed by atoms with Gasteiger partial charge in [0, 0.05) is 6.42 Å². The molecule has 0 heterocycles. The minimum Gasteiger partial charge on any atom is -0.427 e. The highest BCUT2D eigenvalue weighted by Crippen LogP contribution is 2.33. The van der Waals surface area contributed by atoms with Crippen molar-refractivity contribution in [3.63, 3.8) is 0 Å². The van der Waals surface area contributed by atoms with Gasteiger partial charge in [-0.3, -0.25) is 20.2 Å². The summed E-state index contributed by atoms with van der Waals surface area (Å²) in [6.45, 7) is 16.2. The van der Waals surface area contributed by atoms with E-state index in [0.29, 0.717) is 5.56 Å². The Labute approximate surface area is 213 Å². The van der Waals surface area contributed by atoms with Crippen LogP contribution in [0.25, 0.3) is 0 Å². The zero-order chi connectivity index (χ0) is 28.1. The van der Waals surface area contributed by atoms with E-state index >= 15 is 0 Å². The van der Waals surface area contributed by atoms with E-state index in [0.717, 1.165) is 0 Å². The molecule has 0 aromatic heterocycles. The van der Waals surface area contributed by atoms with Crippen molar-refractivity contribution in [1.82, 2.24) is 5.43 Å². The van der Waals surface area contributed by atoms with Crippen LogP contribution in [0.4, 0.5) is 0 Å². The first-order valence-corrected chi connectivity index (χ1v) is 11.6. The summed E-state index contributed by atoms with van der Waals surface area (Å²) < 4.78 is 21.1. The summed E-state index contributed by atoms with van der Waals surface area (Å²) in [4.78, 5) is 49.6. The number of hydrogen-bond donors (Lipinski definition) is 2. The van der Waals surface area contributed by atoms with Crippen molar-refractivity contribution in [2.75, 3.05) is 6.79 Å². The Morgan fingerprint density at radius 2 is 1.14 bits per heavy atom. The number of hydrazine groups is 1. The van der Waals surface area contributed by atoms with E-state index in [4.69, 9.17) is 24.8 Å². The number of hydrogen-bond acceptors (Lipinski definition) is 10. The average Bonchev–Trinajstić information content (AvgIpc) is 2.73. The van der Waals surface area contributed by atoms with Gasteiger partial charge in [0.2, 0.25) is 6.79 Å². The molecule has 0 saturated carbocycles. The molecule has 0 spiro atoms. The maximum Gasteiger partial charge on any atom is 0.330 e. The number of nitrogens with two attached hydrogens (primary N) is 1. The molecular formula is C26H40N2O8. The molecule has 1 rings (SSSR count). The molecule has 10 nitrogen and oxygen atoms in total. The Bertz CT molecular complexity index is 983. The SMILES string of the molecule is CC(C)(C)C(=O)OCOC(=O)C(C)(Cc1ccc(OC(=O)C(C)(C)C)c(OC(=O)C(C)(C)C)c1)NN. The molecule has 1 aromatic rings. The molecule has 0 radical (unpaired) electrons. The van der Waals surface area contributed by atoms with E-state index in [1.807, 2.05) is 0 Å². The van der Waals surface area contributed by atoms with Gasteiger partial charge >= 0.3 is 23.9 Å². The van der Waals surface area contributed by atoms with Crippen molar-refractivity contribution < 1.29 is 38.1 Å². The third-order valence-corrected chi connectivity index (χ3v) is 4.96. The molecule has 0 fully saturated rings. The highest BCUT2D eigenvalue weighted by Gasteiger charge is 2.36. The van der Waals surface area contributed by atoms with E-state index < -0.39 is 52.5 Å². The van der Waals surface area contributed by atoms with Crippen molar-refractivity contribution in [3.8, 4) is 11.5 Å². The number of carbonyl (C=O) groups is 4. The zero-order valence-electron chi connectivity index (χ0n) is 23.0. The standard InChI is InChI=1S/C26H40N2O8/c1-23(2,3)19(29)33-15-34-22(32)26(10,28-27)14-16-11-12-17(35-20(30)24(4,5)6)18(13-16)36-21(31)25(7,8)9/h11-13,28H,14-15,27H2,1-10H3. The molecule has 36 heavy (non-hydrogen) atoms. The smallest absolute Gasteiger partial charge is 0.330 e. The Hall–Kier alpha value is -2.98. The van der Waals surface area contributed by atoms with E-state index in [1.54, 1.807) is 68.4 Å². The monoisotopic (exact) mass is 508 g/mol. The minimum absolute atomic E-state index is 0.0170. The van der Waals surface area contributed by atoms with Crippen LogP contribution in [0.3, 0.4) is 0 Å². The van der Waals surface area contributed by atoms with Gasteiger partial charge in [-0.1, -0.05) is 6.07 Å². The molecule has 10 heteroatoms. The molecule has 3 N–H and O–H groups in total. The molecule has 0 saturated heterocycles. The average molecular weight is 509 g/mol. The van der Waals surface area contributed by atoms with Crippen LogP contribution in [0.5, 0.6) is 11.5 Å². The van der Waals surface area contributed by atoms with Gasteiger partial charge in [0.25, 0.3) is 0 Å². The van der Waals surface area contributed by atoms with Gasteiger partial charge in [-0.2, -0.15) is 0 Å². The summed E-state index contributed by atoms with van der Waals surface area (Å²) in [6, 6.07) is 4.59. The van der Waals surface area contributed by atoms with Crippen LogP contribution in [0, 0.1) is 16.2 Å². The van der Waals surface area contributed by atoms with Crippen molar-refractivity contribution in [2.45, 2.75) is 81.2 Å². The van der Waals surface area contributed by atoms with Crippen molar-refractivity contribution in [3.05, 3.63) is 23.8 Å². The van der Waals surface area contributed by atoms with Gasteiger partial charge < -0.3 is 18.9 Å². The normalized spacial score (nSPS) is 13.9. The summed E-state index contributed by atoms with van der Waals surface area (Å²) in [7, 11) is 0. The predicted molar refractivity (Wildman–Crippen MR) is 133 cm³/mol. The van der Waals surface area contributed by atoms with Gasteiger partial charge in [-0.05, 0) is 86.9 Å². The largest absolute Gasteiger partial charge is 0.427 e. The molecule has 1 atom stereocenters. The molecule has 0 amide bonds. The molecule has 202 valence electrons. The van der Waals surface area contributed by atoms with Gasteiger partial charge in [0.05, 0.1) is 16.2 Å². The number of carbonyl (C=O) groups excluding carboxylic acids is 4. The number of nitrogens with one attached hydrogen (secondary N) is 1. The van der Waals surface area contributed by atoms with Crippen LogP contribution in [-0.2, 0) is 35.1 Å². The topological polar surface area (TPSA) is 143 Å². The molecule has 0 bridgehead atoms. The Balaban J connectivity index is 3.18. The van der Waals surface area contributed by atoms with Gasteiger partial charge in [-0.25, -0.2) is 10.2 Å². The van der Waals surface area contributed by atoms with Crippen LogP contribution < -0.4 is 20.7 Å². The first-order chi connectivity index (χ1) is 16.2. The summed E-state index contributed by atoms with van der Waals surface area (Å²) in [5, 5.41) is 0. The number of rotatable bonds is 8. The number of ether oxygens (including phenoxy) is 4. The van der Waals surface area contributed by atoms with E-state index in [1.165, 1.54) is 19.1 Å². The van der Waals surface area contributed by atoms with Gasteiger partial charge in [-0.15, -0.1) is 0 Å². The van der Waals surface area contributed by atoms with Gasteiger partial charge in [0.1, 0.15) is 5.54 Å². The van der Waals surface area contributed by atoms with E-state index in [9.17, 15) is 19.2 Å². The molecule has 1 aromatic carbocycles. The fourth-order valence-electron chi connectivity index (χ4n) is 2.44. The van der Waals surface area contributed by atoms with Crippen molar-refractivity contribution in [1.29, 1.82) is 0 Å². The van der Waals surface area contributed by atoms with E-state index in [2.05, 4.69) is 5.43 Å². The zero-order valence-corrected chi connectivity index (χ0v) is 23.0. The van der Waals surface area contributed by atoms with Crippen molar-refractivity contribution in [2.24, 2.45) is 22.1 Å². The lowest BCUT2D eigenvalue weighted by Gasteiger charge is -2.27. The summed E-state index contributed by atoms with van der Waals surface area (Å²) in [5.74, 6) is 3.42. The van der Waals surface area contributed by atoms with Crippen LogP contribution in [0.1, 0.15) is 74.8 Å². The Kier molecular flexibility index (Phi) is 9.82. The van der Waals surface area contributed by atoms with Gasteiger partial charge in [0.15, 0.2) is 11.5 Å². The number of esters is 4. The van der Waals surface area contributed by atoms with E-state index in [-0.39, 0.29) is 17.9 Å². The second-order valence-electron chi connectivity index (χ2n) is 11.9. The maximum absolute atomic E-state index is 12.7. The van der Waals surface area contributed by atoms with Crippen LogP contribution in [0.15, 0.2) is 18.2 Å². The minimum atomic E-state index is -1.41. The lowest BCUT2D eigenvalue weighted by molar-refractivity contribution is -0.176. The third-order valence-electron chi connectivity index (χ3n) is 4.96. The molecular weight excluding hydrogens is 468 g/mol. The molecule has 1 unspecified atom stereocenters. The van der Waals surface area contributed by atoms with Crippen LogP contribution >= 0.6 is 0 Å².